The maximum Gasteiger partial charge on any atom is 0.294 e. The molecule has 0 aromatic heterocycles. The summed E-state index contributed by atoms with van der Waals surface area (Å²) >= 11 is -8.66. The van der Waals surface area contributed by atoms with Crippen LogP contribution in [0.15, 0.2) is 113 Å². The molecule has 37 heteroatoms. The van der Waals surface area contributed by atoms with Gasteiger partial charge in [0, 0.05) is 15.2 Å². The minimum absolute atomic E-state index is 0.00743. The minimum Gasteiger partial charge on any atom is -0.755 e. The van der Waals surface area contributed by atoms with Crippen LogP contribution in [0, 0.1) is 0 Å². The zero-order valence-corrected chi connectivity index (χ0v) is 39.4. The lowest BCUT2D eigenvalue weighted by Gasteiger charge is -2.34. The number of halogens is 1. The third-order valence-electron chi connectivity index (χ3n) is 8.21. The van der Waals surface area contributed by atoms with Gasteiger partial charge in [-0.15, -0.1) is 0 Å². The van der Waals surface area contributed by atoms with Gasteiger partial charge in [0.15, 0.2) is 0 Å². The Balaban J connectivity index is 2.09. The highest BCUT2D eigenvalue weighted by atomic mass is 79.9. The molecule has 0 heterocycles. The summed E-state index contributed by atoms with van der Waals surface area (Å²) in [5.74, 6) is 0. The van der Waals surface area contributed by atoms with E-state index in [9.17, 15) is 104 Å². The van der Waals surface area contributed by atoms with E-state index in [1.807, 2.05) is 0 Å². The fourth-order valence-corrected chi connectivity index (χ4v) is 11.5. The maximum atomic E-state index is 13.3. The Hall–Kier alpha value is -3.97. The fraction of sp³-hybridized carbons (Fsp3) is 0. The van der Waals surface area contributed by atoms with Crippen LogP contribution in [0.5, 0.6) is 0 Å². The Morgan fingerprint density at radius 1 is 0.385 bits per heavy atom. The number of hydrogen-bond donors (Lipinski definition) is 6. The van der Waals surface area contributed by atoms with Crippen LogP contribution in [-0.2, 0) is 94.5 Å². The van der Waals surface area contributed by atoms with Crippen LogP contribution in [0.4, 0.5) is 34.1 Å². The summed E-state index contributed by atoms with van der Waals surface area (Å²) in [5.41, 5.74) is -6.40. The van der Waals surface area contributed by atoms with Gasteiger partial charge in [-0.2, -0.15) is 50.5 Å². The molecule has 6 N–H and O–H groups in total. The predicted octanol–water partition coefficient (Wildman–Crippen LogP) is 1.88. The molecule has 0 radical (unpaired) electrons. The number of anilines is 6. The molecule has 0 aliphatic rings. The summed E-state index contributed by atoms with van der Waals surface area (Å²) in [6.07, 6.45) is 0. The van der Waals surface area contributed by atoms with Crippen molar-refractivity contribution in [1.29, 1.82) is 0 Å². The molecule has 0 aliphatic carbocycles. The van der Waals surface area contributed by atoms with E-state index in [4.69, 9.17) is 0 Å². The smallest absolute Gasteiger partial charge is 0.294 e. The summed E-state index contributed by atoms with van der Waals surface area (Å²) in [6, 6.07) is 5.03. The van der Waals surface area contributed by atoms with Gasteiger partial charge in [0.1, 0.15) is 0 Å². The summed E-state index contributed by atoms with van der Waals surface area (Å²) in [5, 5.41) is -1.49. The van der Waals surface area contributed by atoms with Gasteiger partial charge in [0.25, 0.3) is 60.7 Å². The molecule has 0 fully saturated rings. The monoisotopic (exact) mass is 1150 g/mol. The van der Waals surface area contributed by atoms with Gasteiger partial charge in [0.2, 0.25) is 0 Å². The van der Waals surface area contributed by atoms with Crippen molar-refractivity contribution < 1.29 is 104 Å². The van der Waals surface area contributed by atoms with Crippen molar-refractivity contribution in [3.63, 3.8) is 0 Å². The SMILES string of the molecule is O=S([O-])N(c1cc(S(=O)(=O)O)cc(S(=O)(=O)O)c1)c1cc(N(c2cc(S(=O)(=O)O)cc(S(=O)(=O)O)c2)S(=O)[O-])c2c(Br)ccc(N(c3cc(S(=O)(=O)O)cc(S(=O)(=O)O)c3)S(=O)[O-])c2c1. The van der Waals surface area contributed by atoms with Gasteiger partial charge < -0.3 is 13.7 Å². The molecule has 5 aromatic rings. The highest BCUT2D eigenvalue weighted by molar-refractivity contribution is 9.10. The molecule has 3 unspecified atom stereocenters. The molecule has 27 nitrogen and oxygen atoms in total. The largest absolute Gasteiger partial charge is 0.755 e. The Kier molecular flexibility index (Phi) is 14.3. The van der Waals surface area contributed by atoms with Crippen molar-refractivity contribution in [2.24, 2.45) is 0 Å². The van der Waals surface area contributed by atoms with Crippen LogP contribution in [0.3, 0.4) is 0 Å². The summed E-state index contributed by atoms with van der Waals surface area (Å²) in [6.45, 7) is 0. The highest BCUT2D eigenvalue weighted by Crippen LogP contribution is 2.48. The fourth-order valence-electron chi connectivity index (χ4n) is 5.69. The Morgan fingerprint density at radius 2 is 0.646 bits per heavy atom. The number of rotatable bonds is 15. The lowest BCUT2D eigenvalue weighted by atomic mass is 10.0. The molecule has 354 valence electrons. The van der Waals surface area contributed by atoms with Gasteiger partial charge >= 0.3 is 0 Å². The summed E-state index contributed by atoms with van der Waals surface area (Å²) in [7, 11) is -33.0. The first-order valence-electron chi connectivity index (χ1n) is 15.7. The van der Waals surface area contributed by atoms with Crippen LogP contribution in [0.1, 0.15) is 0 Å². The molecule has 65 heavy (non-hydrogen) atoms. The minimum atomic E-state index is -5.53. The van der Waals surface area contributed by atoms with Crippen LogP contribution in [0.2, 0.25) is 0 Å². The second-order valence-corrected chi connectivity index (χ2v) is 24.1. The van der Waals surface area contributed by atoms with Gasteiger partial charge in [-0.3, -0.25) is 52.9 Å². The van der Waals surface area contributed by atoms with Gasteiger partial charge in [-0.05, 0) is 78.9 Å². The Morgan fingerprint density at radius 3 is 0.923 bits per heavy atom. The second kappa shape index (κ2) is 17.9. The molecule has 0 aliphatic heterocycles. The van der Waals surface area contributed by atoms with Crippen molar-refractivity contribution in [2.75, 3.05) is 12.9 Å². The van der Waals surface area contributed by atoms with E-state index in [-0.39, 0.29) is 59.9 Å². The quantitative estimate of drug-likeness (QED) is 0.0643. The first-order valence-corrected chi connectivity index (χ1v) is 28.2. The molecule has 5 aromatic carbocycles. The zero-order chi connectivity index (χ0) is 49.3. The average Bonchev–Trinajstić information content (AvgIpc) is 3.13. The highest BCUT2D eigenvalue weighted by Gasteiger charge is 2.30. The van der Waals surface area contributed by atoms with E-state index >= 15 is 0 Å². The van der Waals surface area contributed by atoms with Crippen molar-refractivity contribution in [2.45, 2.75) is 29.4 Å². The molecule has 0 saturated carbocycles. The predicted molar refractivity (Wildman–Crippen MR) is 223 cm³/mol. The zero-order valence-electron chi connectivity index (χ0n) is 30.4. The van der Waals surface area contributed by atoms with Crippen LogP contribution in [-0.4, -0.2) is 104 Å². The molecular formula is C28H19BrN3O24S9-3. The number of nitrogens with zero attached hydrogens (tertiary/aromatic N) is 3. The van der Waals surface area contributed by atoms with E-state index in [0.717, 1.165) is 12.1 Å². The molecule has 0 spiro atoms. The maximum absolute atomic E-state index is 13.3. The van der Waals surface area contributed by atoms with Crippen molar-refractivity contribution in [3.05, 3.63) is 83.3 Å². The number of benzene rings is 5. The van der Waals surface area contributed by atoms with Crippen LogP contribution < -0.4 is 12.9 Å². The summed E-state index contributed by atoms with van der Waals surface area (Å²) < 4.78 is 284. The van der Waals surface area contributed by atoms with E-state index in [1.54, 1.807) is 0 Å². The third kappa shape index (κ3) is 11.4. The standard InChI is InChI=1S/C28H22BrN3O24S9/c29-25-1-2-26(31(58(35)36)15-5-20(62(45,46)47)12-21(6-15)63(48,49)50)24-9-17(30(57(33)34)14-3-18(60(39,40)41)11-19(4-14)61(42,43)44)10-27(28(24)25)32(59(37)38)16-7-22(64(51,52)53)13-23(8-16)65(54,55)56/h1-13H,(H,33,34)(H,35,36)(H,37,38)(H,39,40,41)(H,42,43,44)(H,45,46,47)(H,48,49,50)(H,51,52,53)(H,54,55,56)/p-3. The lowest BCUT2D eigenvalue weighted by Crippen LogP contribution is -2.24. The van der Waals surface area contributed by atoms with Gasteiger partial charge in [-0.25, -0.2) is 0 Å². The van der Waals surface area contributed by atoms with Gasteiger partial charge in [0.05, 0.1) is 97.3 Å². The topological polar surface area (TPSA) is 456 Å². The van der Waals surface area contributed by atoms with Crippen molar-refractivity contribution >= 4 is 155 Å². The second-order valence-electron chi connectivity index (χ2n) is 12.3. The van der Waals surface area contributed by atoms with Crippen molar-refractivity contribution in [1.82, 2.24) is 0 Å². The number of fused-ring (bicyclic) bond motifs is 1. The Bertz CT molecular complexity index is 3480. The molecule has 0 amide bonds. The number of hydrogen-bond acceptors (Lipinski definition) is 18. The van der Waals surface area contributed by atoms with Crippen LogP contribution >= 0.6 is 15.9 Å². The van der Waals surface area contributed by atoms with Gasteiger partial charge in [-0.1, -0.05) is 15.9 Å². The van der Waals surface area contributed by atoms with Crippen molar-refractivity contribution in [3.8, 4) is 0 Å². The summed E-state index contributed by atoms with van der Waals surface area (Å²) in [4.78, 5) is -8.40. The van der Waals surface area contributed by atoms with E-state index in [1.165, 1.54) is 0 Å². The first-order chi connectivity index (χ1) is 29.4. The Labute approximate surface area is 382 Å². The normalized spacial score (nSPS) is 14.4. The molecule has 5 rings (SSSR count). The molecule has 0 bridgehead atoms. The molecular weight excluding hydrogens is 1130 g/mol. The van der Waals surface area contributed by atoms with E-state index in [2.05, 4.69) is 15.9 Å². The van der Waals surface area contributed by atoms with Crippen LogP contribution in [0.25, 0.3) is 10.8 Å². The third-order valence-corrected chi connectivity index (χ3v) is 16.0. The first kappa shape index (κ1) is 52.0. The average molecular weight is 1150 g/mol. The van der Waals surface area contributed by atoms with E-state index < -0.39 is 169 Å². The lowest BCUT2D eigenvalue weighted by molar-refractivity contribution is 0.476. The molecule has 3 atom stereocenters. The molecule has 0 saturated heterocycles. The van der Waals surface area contributed by atoms with E-state index in [0.29, 0.717) is 24.3 Å².